The standard InChI is InChI=1S/C35H38ClN7O4/c1-21-26(5-4-6-28(21)40-34(46)30-10-7-22(15-38-30)16-43-19-25(44)20-43)33-32(36)27(13-14-37-33)29-11-8-23(35(41-29)47-3)17-42(2)18-24-9-12-31(45)39-24/h4-8,10-11,13-15,24-25,44H,9,12,16-20H2,1-3H3,(H,39,45)(H,40,46). The number of hydrogen-bond acceptors (Lipinski definition) is 9. The number of likely N-dealkylation sites (tertiary alicyclic amines) is 1. The van der Waals surface area contributed by atoms with E-state index in [1.165, 1.54) is 0 Å². The van der Waals surface area contributed by atoms with E-state index < -0.39 is 0 Å². The zero-order valence-electron chi connectivity index (χ0n) is 26.7. The minimum absolute atomic E-state index is 0.104. The molecule has 0 bridgehead atoms. The molecular weight excluding hydrogens is 618 g/mol. The van der Waals surface area contributed by atoms with Crippen molar-refractivity contribution in [3.8, 4) is 28.4 Å². The molecule has 2 amide bonds. The minimum atomic E-state index is -0.320. The van der Waals surface area contributed by atoms with Crippen LogP contribution >= 0.6 is 11.6 Å². The Morgan fingerprint density at radius 1 is 1.15 bits per heavy atom. The maximum absolute atomic E-state index is 13.1. The highest BCUT2D eigenvalue weighted by atomic mass is 35.5. The molecule has 0 radical (unpaired) electrons. The largest absolute Gasteiger partial charge is 0.481 e. The van der Waals surface area contributed by atoms with Crippen molar-refractivity contribution in [2.45, 2.75) is 45.0 Å². The molecule has 244 valence electrons. The Hall–Kier alpha value is -4.42. The van der Waals surface area contributed by atoms with Crippen LogP contribution in [0.5, 0.6) is 5.88 Å². The van der Waals surface area contributed by atoms with Crippen molar-refractivity contribution in [3.05, 3.63) is 88.3 Å². The van der Waals surface area contributed by atoms with E-state index in [-0.39, 0.29) is 24.0 Å². The molecule has 2 aliphatic heterocycles. The van der Waals surface area contributed by atoms with Crippen molar-refractivity contribution in [3.63, 3.8) is 0 Å². The van der Waals surface area contributed by atoms with Gasteiger partial charge in [0.05, 0.1) is 29.6 Å². The first-order valence-electron chi connectivity index (χ1n) is 15.6. The SMILES string of the molecule is COc1nc(-c2ccnc(-c3cccc(NC(=O)c4ccc(CN5CC(O)C5)cn4)c3C)c2Cl)ccc1CN(C)CC1CCC(=O)N1. The van der Waals surface area contributed by atoms with Crippen LogP contribution in [0.1, 0.15) is 40.0 Å². The van der Waals surface area contributed by atoms with Crippen LogP contribution in [0.4, 0.5) is 5.69 Å². The Morgan fingerprint density at radius 2 is 1.98 bits per heavy atom. The summed E-state index contributed by atoms with van der Waals surface area (Å²) >= 11 is 7.00. The van der Waals surface area contributed by atoms with Crippen molar-refractivity contribution in [1.29, 1.82) is 0 Å². The van der Waals surface area contributed by atoms with E-state index in [4.69, 9.17) is 21.3 Å². The molecular formula is C35H38ClN7O4. The highest BCUT2D eigenvalue weighted by Gasteiger charge is 2.25. The Labute approximate surface area is 279 Å². The van der Waals surface area contributed by atoms with Gasteiger partial charge in [0.2, 0.25) is 11.8 Å². The summed E-state index contributed by atoms with van der Waals surface area (Å²) in [6, 6.07) is 15.1. The number of aliphatic hydroxyl groups is 1. The molecule has 11 nitrogen and oxygen atoms in total. The third-order valence-corrected chi connectivity index (χ3v) is 8.98. The minimum Gasteiger partial charge on any atom is -0.481 e. The molecule has 3 aromatic heterocycles. The second-order valence-electron chi connectivity index (χ2n) is 12.2. The summed E-state index contributed by atoms with van der Waals surface area (Å²) in [6.45, 7) is 5.25. The van der Waals surface area contributed by atoms with Gasteiger partial charge in [-0.15, -0.1) is 0 Å². The van der Waals surface area contributed by atoms with Gasteiger partial charge in [0.25, 0.3) is 5.91 Å². The lowest BCUT2D eigenvalue weighted by atomic mass is 10.0. The summed E-state index contributed by atoms with van der Waals surface area (Å²) in [5.41, 5.74) is 6.34. The third-order valence-electron chi connectivity index (χ3n) is 8.59. The molecule has 6 rings (SSSR count). The van der Waals surface area contributed by atoms with Gasteiger partial charge in [-0.1, -0.05) is 35.9 Å². The third kappa shape index (κ3) is 7.44. The van der Waals surface area contributed by atoms with Crippen LogP contribution in [0.3, 0.4) is 0 Å². The number of aromatic nitrogens is 3. The molecule has 2 saturated heterocycles. The van der Waals surface area contributed by atoms with E-state index in [1.807, 2.05) is 56.4 Å². The molecule has 4 aromatic rings. The van der Waals surface area contributed by atoms with Gasteiger partial charge in [-0.2, -0.15) is 0 Å². The van der Waals surface area contributed by atoms with E-state index in [0.717, 1.165) is 35.2 Å². The van der Waals surface area contributed by atoms with Crippen molar-refractivity contribution >= 4 is 29.1 Å². The number of rotatable bonds is 11. The summed E-state index contributed by atoms with van der Waals surface area (Å²) in [6.07, 6.45) is 4.54. The van der Waals surface area contributed by atoms with Gasteiger partial charge in [0, 0.05) is 80.0 Å². The Kier molecular flexibility index (Phi) is 9.79. The maximum Gasteiger partial charge on any atom is 0.274 e. The Morgan fingerprint density at radius 3 is 2.68 bits per heavy atom. The van der Waals surface area contributed by atoms with E-state index in [1.54, 1.807) is 25.6 Å². The molecule has 12 heteroatoms. The number of likely N-dealkylation sites (N-methyl/N-ethyl adjacent to an activating group) is 1. The number of nitrogens with one attached hydrogen (secondary N) is 2. The first kappa shape index (κ1) is 32.5. The molecule has 47 heavy (non-hydrogen) atoms. The first-order chi connectivity index (χ1) is 22.7. The molecule has 2 aliphatic rings. The van der Waals surface area contributed by atoms with Gasteiger partial charge in [-0.25, -0.2) is 4.98 Å². The molecule has 1 atom stereocenters. The van der Waals surface area contributed by atoms with Crippen LogP contribution in [0.25, 0.3) is 22.5 Å². The summed E-state index contributed by atoms with van der Waals surface area (Å²) in [7, 11) is 3.61. The number of carbonyl (C=O) groups is 2. The number of hydrogen-bond donors (Lipinski definition) is 3. The lowest BCUT2D eigenvalue weighted by Gasteiger charge is -2.35. The summed E-state index contributed by atoms with van der Waals surface area (Å²) in [5, 5.41) is 15.9. The van der Waals surface area contributed by atoms with Gasteiger partial charge < -0.3 is 20.5 Å². The number of nitrogens with zero attached hydrogens (tertiary/aromatic N) is 5. The molecule has 2 fully saturated rings. The van der Waals surface area contributed by atoms with Crippen LogP contribution in [-0.4, -0.2) is 87.6 Å². The number of aliphatic hydroxyl groups excluding tert-OH is 1. The average molecular weight is 656 g/mol. The Balaban J connectivity index is 1.17. The molecule has 0 spiro atoms. The number of anilines is 1. The predicted molar refractivity (Wildman–Crippen MR) is 180 cm³/mol. The molecule has 0 aliphatic carbocycles. The van der Waals surface area contributed by atoms with Crippen molar-refractivity contribution in [1.82, 2.24) is 30.1 Å². The fourth-order valence-electron chi connectivity index (χ4n) is 6.09. The second kappa shape index (κ2) is 14.1. The number of halogens is 1. The lowest BCUT2D eigenvalue weighted by Crippen LogP contribution is -2.49. The van der Waals surface area contributed by atoms with Gasteiger partial charge in [0.15, 0.2) is 0 Å². The van der Waals surface area contributed by atoms with E-state index in [9.17, 15) is 14.7 Å². The molecule has 3 N–H and O–H groups in total. The summed E-state index contributed by atoms with van der Waals surface area (Å²) in [4.78, 5) is 42.7. The molecule has 1 aromatic carbocycles. The van der Waals surface area contributed by atoms with Crippen LogP contribution in [-0.2, 0) is 17.9 Å². The Bertz CT molecular complexity index is 1780. The van der Waals surface area contributed by atoms with Crippen LogP contribution in [0.2, 0.25) is 5.02 Å². The van der Waals surface area contributed by atoms with Crippen molar-refractivity contribution < 1.29 is 19.4 Å². The normalized spacial score (nSPS) is 16.6. The quantitative estimate of drug-likeness (QED) is 0.216. The maximum atomic E-state index is 13.1. The van der Waals surface area contributed by atoms with E-state index in [0.29, 0.717) is 71.8 Å². The fraction of sp³-hybridized carbons (Fsp3) is 0.343. The zero-order valence-corrected chi connectivity index (χ0v) is 27.4. The monoisotopic (exact) mass is 655 g/mol. The van der Waals surface area contributed by atoms with Gasteiger partial charge in [-0.05, 0) is 55.8 Å². The lowest BCUT2D eigenvalue weighted by molar-refractivity contribution is -0.119. The number of amides is 2. The predicted octanol–water partition coefficient (Wildman–Crippen LogP) is 4.32. The fourth-order valence-corrected chi connectivity index (χ4v) is 6.40. The van der Waals surface area contributed by atoms with Gasteiger partial charge in [0.1, 0.15) is 5.69 Å². The average Bonchev–Trinajstić information content (AvgIpc) is 3.46. The highest BCUT2D eigenvalue weighted by Crippen LogP contribution is 2.38. The van der Waals surface area contributed by atoms with E-state index >= 15 is 0 Å². The number of β-amino-alcohol motifs (C(OH)–C–C–N with tert-alkyl or cyclic N) is 1. The zero-order chi connectivity index (χ0) is 33.1. The topological polar surface area (TPSA) is 133 Å². The molecule has 5 heterocycles. The number of benzene rings is 1. The van der Waals surface area contributed by atoms with E-state index in [2.05, 4.69) is 30.4 Å². The number of pyridine rings is 3. The second-order valence-corrected chi connectivity index (χ2v) is 12.6. The highest BCUT2D eigenvalue weighted by molar-refractivity contribution is 6.35. The number of carbonyl (C=O) groups excluding carboxylic acids is 2. The van der Waals surface area contributed by atoms with Crippen molar-refractivity contribution in [2.75, 3.05) is 39.1 Å². The summed E-state index contributed by atoms with van der Waals surface area (Å²) in [5.74, 6) is 0.284. The molecule has 0 saturated carbocycles. The summed E-state index contributed by atoms with van der Waals surface area (Å²) < 4.78 is 5.67. The van der Waals surface area contributed by atoms with Crippen LogP contribution in [0, 0.1) is 6.92 Å². The van der Waals surface area contributed by atoms with Crippen LogP contribution in [0.15, 0.2) is 60.9 Å². The first-order valence-corrected chi connectivity index (χ1v) is 16.0. The van der Waals surface area contributed by atoms with Gasteiger partial charge in [-0.3, -0.25) is 29.4 Å². The number of ether oxygens (including phenoxy) is 1. The number of methoxy groups -OCH3 is 1. The molecule has 1 unspecified atom stereocenters. The smallest absolute Gasteiger partial charge is 0.274 e. The van der Waals surface area contributed by atoms with Crippen LogP contribution < -0.4 is 15.4 Å². The van der Waals surface area contributed by atoms with Crippen molar-refractivity contribution in [2.24, 2.45) is 0 Å². The van der Waals surface area contributed by atoms with Gasteiger partial charge >= 0.3 is 0 Å².